The quantitative estimate of drug-likeness (QED) is 0.867. The number of benzene rings is 1. The highest BCUT2D eigenvalue weighted by Crippen LogP contribution is 2.22. The third kappa shape index (κ3) is 3.48. The molecule has 2 aromatic rings. The summed E-state index contributed by atoms with van der Waals surface area (Å²) in [6.45, 7) is 0. The van der Waals surface area contributed by atoms with Crippen molar-refractivity contribution in [3.63, 3.8) is 0 Å². The fourth-order valence-electron chi connectivity index (χ4n) is 1.38. The van der Waals surface area contributed by atoms with Crippen molar-refractivity contribution < 1.29 is 9.90 Å². The molecule has 1 aromatic heterocycles. The van der Waals surface area contributed by atoms with Crippen LogP contribution in [0.3, 0.4) is 0 Å². The van der Waals surface area contributed by atoms with E-state index in [4.69, 9.17) is 16.7 Å². The lowest BCUT2D eigenvalue weighted by molar-refractivity contribution is 0.0696. The minimum atomic E-state index is -0.964. The molecule has 0 atom stereocenters. The summed E-state index contributed by atoms with van der Waals surface area (Å²) < 4.78 is 0. The van der Waals surface area contributed by atoms with Gasteiger partial charge in [0.25, 0.3) is 0 Å². The highest BCUT2D eigenvalue weighted by Gasteiger charge is 2.03. The van der Waals surface area contributed by atoms with Gasteiger partial charge >= 0.3 is 5.97 Å². The Labute approximate surface area is 114 Å². The minimum absolute atomic E-state index is 0.196. The lowest BCUT2D eigenvalue weighted by atomic mass is 10.2. The van der Waals surface area contributed by atoms with Crippen LogP contribution in [0.1, 0.15) is 15.9 Å². The molecular weight excluding hydrogens is 270 g/mol. The van der Waals surface area contributed by atoms with Crippen LogP contribution in [0.2, 0.25) is 5.02 Å². The lowest BCUT2D eigenvalue weighted by Gasteiger charge is -2.02. The molecule has 18 heavy (non-hydrogen) atoms. The molecule has 0 bridgehead atoms. The summed E-state index contributed by atoms with van der Waals surface area (Å²) >= 11 is 7.43. The van der Waals surface area contributed by atoms with E-state index in [0.717, 1.165) is 16.3 Å². The predicted octanol–water partition coefficient (Wildman–Crippen LogP) is 3.73. The van der Waals surface area contributed by atoms with Gasteiger partial charge in [-0.2, -0.15) is 0 Å². The van der Waals surface area contributed by atoms with Crippen molar-refractivity contribution in [1.82, 2.24) is 4.98 Å². The molecule has 92 valence electrons. The van der Waals surface area contributed by atoms with E-state index >= 15 is 0 Å². The van der Waals surface area contributed by atoms with Crippen molar-refractivity contribution in [2.24, 2.45) is 0 Å². The Morgan fingerprint density at radius 3 is 2.78 bits per heavy atom. The Bertz CT molecular complexity index is 557. The molecule has 0 spiro atoms. The second-order valence-corrected chi connectivity index (χ2v) is 5.04. The summed E-state index contributed by atoms with van der Waals surface area (Å²) in [4.78, 5) is 14.8. The van der Waals surface area contributed by atoms with Gasteiger partial charge in [-0.1, -0.05) is 23.7 Å². The third-order valence-electron chi connectivity index (χ3n) is 2.26. The molecule has 0 fully saturated rings. The molecule has 1 N–H and O–H groups in total. The summed E-state index contributed by atoms with van der Waals surface area (Å²) in [5.74, 6) is -0.214. The molecule has 1 aromatic carbocycles. The highest BCUT2D eigenvalue weighted by atomic mass is 35.5. The average molecular weight is 280 g/mol. The molecule has 0 saturated carbocycles. The molecule has 0 unspecified atom stereocenters. The van der Waals surface area contributed by atoms with Gasteiger partial charge in [0.1, 0.15) is 0 Å². The van der Waals surface area contributed by atoms with Crippen LogP contribution in [0.5, 0.6) is 0 Å². The summed E-state index contributed by atoms with van der Waals surface area (Å²) in [6.07, 6.45) is 1.36. The smallest absolute Gasteiger partial charge is 0.337 e. The highest BCUT2D eigenvalue weighted by molar-refractivity contribution is 7.98. The molecule has 0 radical (unpaired) electrons. The Kier molecular flexibility index (Phi) is 4.23. The number of carboxylic acids is 1. The zero-order valence-corrected chi connectivity index (χ0v) is 10.9. The van der Waals surface area contributed by atoms with E-state index in [1.165, 1.54) is 18.0 Å². The molecule has 0 amide bonds. The summed E-state index contributed by atoms with van der Waals surface area (Å²) in [6, 6.07) is 10.9. The van der Waals surface area contributed by atoms with E-state index in [1.807, 2.05) is 24.3 Å². The largest absolute Gasteiger partial charge is 0.478 e. The van der Waals surface area contributed by atoms with E-state index in [1.54, 1.807) is 12.1 Å². The van der Waals surface area contributed by atoms with Crippen molar-refractivity contribution in [2.75, 3.05) is 0 Å². The number of thioether (sulfide) groups is 1. The Hall–Kier alpha value is -1.52. The topological polar surface area (TPSA) is 50.2 Å². The maximum atomic E-state index is 10.7. The van der Waals surface area contributed by atoms with Gasteiger partial charge in [0.2, 0.25) is 0 Å². The van der Waals surface area contributed by atoms with Crippen LogP contribution in [-0.2, 0) is 5.75 Å². The zero-order valence-electron chi connectivity index (χ0n) is 9.34. The summed E-state index contributed by atoms with van der Waals surface area (Å²) in [5.41, 5.74) is 1.30. The number of carbonyl (C=O) groups is 1. The zero-order chi connectivity index (χ0) is 13.0. The normalized spacial score (nSPS) is 10.3. The molecule has 0 saturated heterocycles. The van der Waals surface area contributed by atoms with Crippen molar-refractivity contribution in [3.8, 4) is 0 Å². The number of aromatic nitrogens is 1. The van der Waals surface area contributed by atoms with Crippen molar-refractivity contribution in [2.45, 2.75) is 10.8 Å². The maximum Gasteiger partial charge on any atom is 0.337 e. The van der Waals surface area contributed by atoms with Crippen LogP contribution in [0, 0.1) is 0 Å². The van der Waals surface area contributed by atoms with E-state index in [9.17, 15) is 4.79 Å². The van der Waals surface area contributed by atoms with E-state index in [0.29, 0.717) is 5.02 Å². The van der Waals surface area contributed by atoms with E-state index in [2.05, 4.69) is 4.98 Å². The van der Waals surface area contributed by atoms with Crippen molar-refractivity contribution in [1.29, 1.82) is 0 Å². The first-order valence-corrected chi connectivity index (χ1v) is 6.58. The van der Waals surface area contributed by atoms with Crippen LogP contribution in [0.15, 0.2) is 47.6 Å². The summed E-state index contributed by atoms with van der Waals surface area (Å²) in [5, 5.41) is 10.3. The molecule has 0 aliphatic rings. The average Bonchev–Trinajstić information content (AvgIpc) is 2.37. The Balaban J connectivity index is 2.00. The Morgan fingerprint density at radius 2 is 2.17 bits per heavy atom. The summed E-state index contributed by atoms with van der Waals surface area (Å²) in [7, 11) is 0. The van der Waals surface area contributed by atoms with Gasteiger partial charge in [0, 0.05) is 17.0 Å². The lowest BCUT2D eigenvalue weighted by Crippen LogP contribution is -1.96. The molecule has 2 rings (SSSR count). The number of nitrogens with zero attached hydrogens (tertiary/aromatic N) is 1. The van der Waals surface area contributed by atoms with Crippen molar-refractivity contribution >= 4 is 29.3 Å². The molecule has 5 heteroatoms. The number of pyridine rings is 1. The van der Waals surface area contributed by atoms with Crippen LogP contribution in [-0.4, -0.2) is 16.1 Å². The number of carboxylic acid groups (broad SMARTS) is 1. The molecule has 0 aliphatic carbocycles. The fraction of sp³-hybridized carbons (Fsp3) is 0.0769. The van der Waals surface area contributed by atoms with Crippen LogP contribution < -0.4 is 0 Å². The molecule has 0 aliphatic heterocycles. The number of hydrogen-bond donors (Lipinski definition) is 1. The van der Waals surface area contributed by atoms with Crippen LogP contribution >= 0.6 is 23.4 Å². The SMILES string of the molecule is O=C(O)c1ccc(SCc2cccc(Cl)c2)nc1. The second-order valence-electron chi connectivity index (χ2n) is 3.61. The first-order valence-electron chi connectivity index (χ1n) is 5.22. The first-order chi connectivity index (χ1) is 8.65. The standard InChI is InChI=1S/C13H10ClNO2S/c14-11-3-1-2-9(6-11)8-18-12-5-4-10(7-15-12)13(16)17/h1-7H,8H2,(H,16,17). The fourth-order valence-corrected chi connectivity index (χ4v) is 2.37. The van der Waals surface area contributed by atoms with Crippen LogP contribution in [0.4, 0.5) is 0 Å². The van der Waals surface area contributed by atoms with Gasteiger partial charge in [0.05, 0.1) is 10.6 Å². The van der Waals surface area contributed by atoms with Gasteiger partial charge in [0.15, 0.2) is 0 Å². The monoisotopic (exact) mass is 279 g/mol. The number of rotatable bonds is 4. The van der Waals surface area contributed by atoms with Crippen molar-refractivity contribution in [3.05, 3.63) is 58.7 Å². The molecule has 3 nitrogen and oxygen atoms in total. The minimum Gasteiger partial charge on any atom is -0.478 e. The number of halogens is 1. The first kappa shape index (κ1) is 12.9. The third-order valence-corrected chi connectivity index (χ3v) is 3.51. The van der Waals surface area contributed by atoms with Gasteiger partial charge in [-0.25, -0.2) is 9.78 Å². The van der Waals surface area contributed by atoms with Gasteiger partial charge < -0.3 is 5.11 Å². The molecular formula is C13H10ClNO2S. The number of hydrogen-bond acceptors (Lipinski definition) is 3. The van der Waals surface area contributed by atoms with Gasteiger partial charge in [-0.3, -0.25) is 0 Å². The second kappa shape index (κ2) is 5.89. The van der Waals surface area contributed by atoms with Gasteiger partial charge in [-0.05, 0) is 29.8 Å². The Morgan fingerprint density at radius 1 is 1.33 bits per heavy atom. The van der Waals surface area contributed by atoms with E-state index < -0.39 is 5.97 Å². The predicted molar refractivity (Wildman–Crippen MR) is 72.2 cm³/mol. The van der Waals surface area contributed by atoms with Crippen LogP contribution in [0.25, 0.3) is 0 Å². The maximum absolute atomic E-state index is 10.7. The molecule has 1 heterocycles. The van der Waals surface area contributed by atoms with Gasteiger partial charge in [-0.15, -0.1) is 11.8 Å². The van der Waals surface area contributed by atoms with E-state index in [-0.39, 0.29) is 5.56 Å². The number of aromatic carboxylic acids is 1.